The van der Waals surface area contributed by atoms with Crippen molar-refractivity contribution in [2.45, 2.75) is 135 Å². The second-order valence-electron chi connectivity index (χ2n) is 10.1. The van der Waals surface area contributed by atoms with E-state index in [4.69, 9.17) is 14.0 Å². The molecule has 2 rings (SSSR count). The van der Waals surface area contributed by atoms with Crippen LogP contribution < -0.4 is 11.2 Å². The van der Waals surface area contributed by atoms with Crippen LogP contribution in [-0.4, -0.2) is 46.5 Å². The highest BCUT2D eigenvalue weighted by Crippen LogP contribution is 2.48. The third kappa shape index (κ3) is 11.4. The van der Waals surface area contributed by atoms with E-state index < -0.39 is 43.6 Å². The number of hydrogen-bond acceptors (Lipinski definition) is 7. The number of ether oxygens (including phenoxy) is 2. The van der Waals surface area contributed by atoms with Crippen LogP contribution in [0.4, 0.5) is 0 Å². The molecule has 2 unspecified atom stereocenters. The number of H-pyrrole nitrogens is 1. The van der Waals surface area contributed by atoms with Gasteiger partial charge in [-0.25, -0.2) is 9.36 Å². The third-order valence-electron chi connectivity index (χ3n) is 7.11. The standard InChI is InChI=1S/C27H49N2O8P/c1-4-6-7-8-9-10-11-12-13-14-15-16-17-18-21-35-25-24(37-38(32,33)34-3)22(5-2)36-26(25)29-20-19-23(30)28-27(29)31/h19-20,22,24-26H,4-18,21H2,1-3H3,(H,32,33)(H,28,30,31)/t22-,24?,25+,26-/m1/s1. The molecule has 1 aromatic rings. The maximum absolute atomic E-state index is 12.4. The van der Waals surface area contributed by atoms with Crippen LogP contribution in [0.1, 0.15) is 116 Å². The van der Waals surface area contributed by atoms with Crippen molar-refractivity contribution in [2.75, 3.05) is 13.7 Å². The van der Waals surface area contributed by atoms with Crippen molar-refractivity contribution in [1.82, 2.24) is 9.55 Å². The van der Waals surface area contributed by atoms with E-state index in [0.29, 0.717) is 13.0 Å². The van der Waals surface area contributed by atoms with Gasteiger partial charge in [0, 0.05) is 26.0 Å². The molecule has 1 fully saturated rings. The molecule has 11 heteroatoms. The summed E-state index contributed by atoms with van der Waals surface area (Å²) in [5.74, 6) is 0. The highest BCUT2D eigenvalue weighted by atomic mass is 31.2. The van der Waals surface area contributed by atoms with Crippen molar-refractivity contribution >= 4 is 7.82 Å². The Bertz CT molecular complexity index is 936. The molecular formula is C27H49N2O8P. The Morgan fingerprint density at radius 2 is 1.47 bits per heavy atom. The van der Waals surface area contributed by atoms with E-state index in [0.717, 1.165) is 26.4 Å². The van der Waals surface area contributed by atoms with Gasteiger partial charge in [0.05, 0.1) is 6.10 Å². The molecule has 0 radical (unpaired) electrons. The molecular weight excluding hydrogens is 511 g/mol. The number of nitrogens with one attached hydrogen (secondary N) is 1. The van der Waals surface area contributed by atoms with Crippen molar-refractivity contribution in [1.29, 1.82) is 0 Å². The van der Waals surface area contributed by atoms with E-state index in [1.165, 1.54) is 87.5 Å². The Balaban J connectivity index is 1.78. The summed E-state index contributed by atoms with van der Waals surface area (Å²) < 4.78 is 35.6. The number of hydrogen-bond donors (Lipinski definition) is 2. The van der Waals surface area contributed by atoms with Gasteiger partial charge in [-0.3, -0.25) is 23.4 Å². The number of nitrogens with zero attached hydrogens (tertiary/aromatic N) is 1. The lowest BCUT2D eigenvalue weighted by molar-refractivity contribution is -0.0711. The van der Waals surface area contributed by atoms with Crippen molar-refractivity contribution in [2.24, 2.45) is 0 Å². The lowest BCUT2D eigenvalue weighted by Crippen LogP contribution is -2.40. The quantitative estimate of drug-likeness (QED) is 0.142. The van der Waals surface area contributed by atoms with Gasteiger partial charge in [-0.2, -0.15) is 0 Å². The van der Waals surface area contributed by atoms with Gasteiger partial charge in [0.2, 0.25) is 0 Å². The molecule has 1 aromatic heterocycles. The van der Waals surface area contributed by atoms with Gasteiger partial charge in [-0.1, -0.05) is 97.3 Å². The molecule has 0 spiro atoms. The third-order valence-corrected chi connectivity index (χ3v) is 8.08. The SMILES string of the molecule is CCCCCCCCCCCCCCCCO[C@H]1C(OP(=O)(O)OC)[C@@H](CC)O[C@H]1n1ccc(=O)[nH]c1=O. The van der Waals surface area contributed by atoms with E-state index >= 15 is 0 Å². The number of phosphoric ester groups is 1. The summed E-state index contributed by atoms with van der Waals surface area (Å²) in [5.41, 5.74) is -1.18. The van der Waals surface area contributed by atoms with Crippen LogP contribution in [0.5, 0.6) is 0 Å². The average molecular weight is 561 g/mol. The van der Waals surface area contributed by atoms with Gasteiger partial charge < -0.3 is 14.4 Å². The number of aromatic nitrogens is 2. The first-order chi connectivity index (χ1) is 18.3. The van der Waals surface area contributed by atoms with Crippen molar-refractivity contribution in [3.63, 3.8) is 0 Å². The summed E-state index contributed by atoms with van der Waals surface area (Å²) in [6.07, 6.45) is 16.0. The Morgan fingerprint density at radius 3 is 1.97 bits per heavy atom. The van der Waals surface area contributed by atoms with Gasteiger partial charge in [0.25, 0.3) is 5.56 Å². The lowest BCUT2D eigenvalue weighted by atomic mass is 10.0. The fourth-order valence-corrected chi connectivity index (χ4v) is 5.56. The highest BCUT2D eigenvalue weighted by molar-refractivity contribution is 7.47. The minimum atomic E-state index is -4.33. The van der Waals surface area contributed by atoms with Gasteiger partial charge >= 0.3 is 13.5 Å². The van der Waals surface area contributed by atoms with Crippen molar-refractivity contribution in [3.8, 4) is 0 Å². The number of rotatable bonds is 21. The molecule has 2 heterocycles. The summed E-state index contributed by atoms with van der Waals surface area (Å²) in [6, 6.07) is 1.22. The first-order valence-electron chi connectivity index (χ1n) is 14.5. The van der Waals surface area contributed by atoms with E-state index in [2.05, 4.69) is 16.4 Å². The maximum atomic E-state index is 12.4. The summed E-state index contributed by atoms with van der Waals surface area (Å²) >= 11 is 0. The van der Waals surface area contributed by atoms with Crippen LogP contribution in [0.2, 0.25) is 0 Å². The van der Waals surface area contributed by atoms with Crippen LogP contribution in [0, 0.1) is 0 Å². The first-order valence-corrected chi connectivity index (χ1v) is 16.0. The van der Waals surface area contributed by atoms with E-state index in [-0.39, 0.29) is 0 Å². The Hall–Kier alpha value is -1.29. The zero-order valence-corrected chi connectivity index (χ0v) is 24.4. The topological polar surface area (TPSA) is 129 Å². The molecule has 0 bridgehead atoms. The van der Waals surface area contributed by atoms with Crippen LogP contribution in [0.15, 0.2) is 21.9 Å². The molecule has 5 atom stereocenters. The summed E-state index contributed by atoms with van der Waals surface area (Å²) in [6.45, 7) is 4.49. The molecule has 1 aliphatic rings. The Kier molecular flexibility index (Phi) is 15.7. The van der Waals surface area contributed by atoms with Crippen molar-refractivity contribution in [3.05, 3.63) is 33.1 Å². The molecule has 0 saturated carbocycles. The summed E-state index contributed by atoms with van der Waals surface area (Å²) in [7, 11) is -3.24. The van der Waals surface area contributed by atoms with Crippen LogP contribution in [-0.2, 0) is 23.1 Å². The van der Waals surface area contributed by atoms with E-state index in [1.54, 1.807) is 0 Å². The largest absolute Gasteiger partial charge is 0.472 e. The monoisotopic (exact) mass is 560 g/mol. The number of phosphoric acid groups is 1. The molecule has 38 heavy (non-hydrogen) atoms. The smallest absolute Gasteiger partial charge is 0.371 e. The van der Waals surface area contributed by atoms with Gasteiger partial charge in [0.15, 0.2) is 6.23 Å². The fourth-order valence-electron chi connectivity index (χ4n) is 4.91. The number of aromatic amines is 1. The van der Waals surface area contributed by atoms with Crippen molar-refractivity contribution < 1.29 is 28.0 Å². The minimum Gasteiger partial charge on any atom is -0.371 e. The molecule has 1 aliphatic heterocycles. The van der Waals surface area contributed by atoms with Crippen LogP contribution >= 0.6 is 7.82 Å². The Labute approximate surface area is 227 Å². The van der Waals surface area contributed by atoms with Gasteiger partial charge in [-0.05, 0) is 12.8 Å². The molecule has 0 amide bonds. The van der Waals surface area contributed by atoms with Crippen LogP contribution in [0.3, 0.4) is 0 Å². The normalized spacial score (nSPS) is 23.1. The van der Waals surface area contributed by atoms with E-state index in [1.807, 2.05) is 6.92 Å². The molecule has 220 valence electrons. The lowest BCUT2D eigenvalue weighted by Gasteiger charge is -2.26. The second-order valence-corrected chi connectivity index (χ2v) is 11.7. The summed E-state index contributed by atoms with van der Waals surface area (Å²) in [4.78, 5) is 36.1. The average Bonchev–Trinajstić information content (AvgIpc) is 3.22. The first kappa shape index (κ1) is 32.9. The van der Waals surface area contributed by atoms with Crippen LogP contribution in [0.25, 0.3) is 0 Å². The van der Waals surface area contributed by atoms with Gasteiger partial charge in [-0.15, -0.1) is 0 Å². The highest BCUT2D eigenvalue weighted by Gasteiger charge is 2.49. The number of unbranched alkanes of at least 4 members (excludes halogenated alkanes) is 13. The summed E-state index contributed by atoms with van der Waals surface area (Å²) in [5, 5.41) is 0. The molecule has 10 nitrogen and oxygen atoms in total. The Morgan fingerprint density at radius 1 is 0.921 bits per heavy atom. The maximum Gasteiger partial charge on any atom is 0.472 e. The van der Waals surface area contributed by atoms with Gasteiger partial charge in [0.1, 0.15) is 12.2 Å². The molecule has 1 saturated heterocycles. The zero-order valence-electron chi connectivity index (χ0n) is 23.5. The van der Waals surface area contributed by atoms with E-state index in [9.17, 15) is 19.0 Å². The molecule has 0 aromatic carbocycles. The zero-order chi connectivity index (χ0) is 27.8. The molecule has 0 aliphatic carbocycles. The predicted molar refractivity (Wildman–Crippen MR) is 147 cm³/mol. The fraction of sp³-hybridized carbons (Fsp3) is 0.852. The molecule has 2 N–H and O–H groups in total. The second kappa shape index (κ2) is 18.1. The predicted octanol–water partition coefficient (Wildman–Crippen LogP) is 5.84. The minimum absolute atomic E-state index is 0.389.